The lowest BCUT2D eigenvalue weighted by atomic mass is 9.74. The zero-order valence-corrected chi connectivity index (χ0v) is 16.6. The summed E-state index contributed by atoms with van der Waals surface area (Å²) < 4.78 is 0. The van der Waals surface area contributed by atoms with Crippen molar-refractivity contribution >= 4 is 5.69 Å². The van der Waals surface area contributed by atoms with Crippen molar-refractivity contribution in [2.24, 2.45) is 0 Å². The molecule has 2 rings (SSSR count). The van der Waals surface area contributed by atoms with Crippen LogP contribution in [-0.2, 0) is 0 Å². The first-order chi connectivity index (χ1) is 11.6. The molecule has 2 atom stereocenters. The second kappa shape index (κ2) is 9.49. The van der Waals surface area contributed by atoms with Crippen LogP contribution in [0.3, 0.4) is 0 Å². The van der Waals surface area contributed by atoms with E-state index in [1.54, 1.807) is 5.56 Å². The molecule has 0 saturated heterocycles. The summed E-state index contributed by atoms with van der Waals surface area (Å²) in [5.41, 5.74) is 3.42. The van der Waals surface area contributed by atoms with Crippen molar-refractivity contribution in [1.82, 2.24) is 0 Å². The van der Waals surface area contributed by atoms with Crippen LogP contribution in [0.15, 0.2) is 24.3 Å². The third-order valence-electron chi connectivity index (χ3n) is 6.21. The molecule has 1 heteroatoms. The maximum atomic E-state index is 2.59. The van der Waals surface area contributed by atoms with Gasteiger partial charge in [0.05, 0.1) is 0 Å². The molecule has 1 nitrogen and oxygen atoms in total. The Kier molecular flexibility index (Phi) is 7.65. The molecule has 1 heterocycles. The first-order valence-electron chi connectivity index (χ1n) is 10.4. The van der Waals surface area contributed by atoms with Crippen LogP contribution in [0.25, 0.3) is 0 Å². The van der Waals surface area contributed by atoms with Gasteiger partial charge in [-0.15, -0.1) is 0 Å². The minimum absolute atomic E-state index is 0.331. The van der Waals surface area contributed by atoms with E-state index in [9.17, 15) is 0 Å². The minimum atomic E-state index is 0.331. The molecule has 24 heavy (non-hydrogen) atoms. The van der Waals surface area contributed by atoms with E-state index in [0.29, 0.717) is 5.54 Å². The van der Waals surface area contributed by atoms with Crippen LogP contribution in [-0.4, -0.2) is 12.6 Å². The summed E-state index contributed by atoms with van der Waals surface area (Å²) in [6.07, 6.45) is 15.0. The van der Waals surface area contributed by atoms with E-state index in [4.69, 9.17) is 0 Å². The molecule has 0 fully saturated rings. The van der Waals surface area contributed by atoms with Crippen molar-refractivity contribution in [2.45, 2.75) is 103 Å². The lowest BCUT2D eigenvalue weighted by molar-refractivity contribution is 0.310. The van der Waals surface area contributed by atoms with Gasteiger partial charge in [-0.2, -0.15) is 0 Å². The van der Waals surface area contributed by atoms with Crippen molar-refractivity contribution in [2.75, 3.05) is 11.9 Å². The summed E-state index contributed by atoms with van der Waals surface area (Å²) in [6, 6.07) is 9.17. The molecule has 136 valence electrons. The molecule has 1 aliphatic rings. The third kappa shape index (κ3) is 4.77. The van der Waals surface area contributed by atoms with Crippen LogP contribution >= 0.6 is 0 Å². The van der Waals surface area contributed by atoms with E-state index in [2.05, 4.69) is 57.0 Å². The second-order valence-corrected chi connectivity index (χ2v) is 8.18. The van der Waals surface area contributed by atoms with Gasteiger partial charge in [-0.1, -0.05) is 83.4 Å². The smallest absolute Gasteiger partial charge is 0.0403 e. The molecule has 0 saturated carbocycles. The van der Waals surface area contributed by atoms with Crippen molar-refractivity contribution < 1.29 is 0 Å². The first kappa shape index (κ1) is 19.3. The van der Waals surface area contributed by atoms with E-state index in [1.807, 2.05) is 0 Å². The summed E-state index contributed by atoms with van der Waals surface area (Å²) in [7, 11) is 2.33. The van der Waals surface area contributed by atoms with E-state index < -0.39 is 0 Å². The summed E-state index contributed by atoms with van der Waals surface area (Å²) in [6.45, 7) is 7.11. The molecule has 1 aromatic carbocycles. The Morgan fingerprint density at radius 3 is 2.33 bits per heavy atom. The maximum absolute atomic E-state index is 2.59. The van der Waals surface area contributed by atoms with Crippen LogP contribution in [0.5, 0.6) is 0 Å². The Morgan fingerprint density at radius 2 is 1.62 bits per heavy atom. The Bertz CT molecular complexity index is 481. The highest BCUT2D eigenvalue weighted by Gasteiger charge is 2.38. The molecule has 1 aromatic rings. The number of nitrogens with zero attached hydrogens (tertiary/aromatic N) is 1. The van der Waals surface area contributed by atoms with Crippen molar-refractivity contribution in [1.29, 1.82) is 0 Å². The number of hydrogen-bond acceptors (Lipinski definition) is 1. The molecule has 0 radical (unpaired) electrons. The lowest BCUT2D eigenvalue weighted by Crippen LogP contribution is -2.48. The fraction of sp³-hybridized carbons (Fsp3) is 0.739. The van der Waals surface area contributed by atoms with E-state index in [0.717, 1.165) is 5.92 Å². The highest BCUT2D eigenvalue weighted by molar-refractivity contribution is 5.59. The Balaban J connectivity index is 2.08. The number of unbranched alkanes of at least 4 members (excludes halogenated alkanes) is 6. The average Bonchev–Trinajstić information content (AvgIpc) is 2.60. The van der Waals surface area contributed by atoms with Gasteiger partial charge in [0.1, 0.15) is 0 Å². The molecular weight excluding hydrogens is 290 g/mol. The van der Waals surface area contributed by atoms with Crippen LogP contribution in [0.2, 0.25) is 0 Å². The van der Waals surface area contributed by atoms with Gasteiger partial charge in [-0.05, 0) is 43.7 Å². The largest absolute Gasteiger partial charge is 0.369 e. The van der Waals surface area contributed by atoms with E-state index in [-0.39, 0.29) is 0 Å². The van der Waals surface area contributed by atoms with Gasteiger partial charge >= 0.3 is 0 Å². The first-order valence-corrected chi connectivity index (χ1v) is 10.4. The molecule has 0 N–H and O–H groups in total. The van der Waals surface area contributed by atoms with Crippen LogP contribution in [0.4, 0.5) is 5.69 Å². The fourth-order valence-electron chi connectivity index (χ4n) is 4.48. The van der Waals surface area contributed by atoms with E-state index >= 15 is 0 Å². The number of rotatable bonds is 10. The monoisotopic (exact) mass is 329 g/mol. The predicted octanol–water partition coefficient (Wildman–Crippen LogP) is 7.31. The molecule has 2 unspecified atom stereocenters. The van der Waals surface area contributed by atoms with Gasteiger partial charge in [0, 0.05) is 18.3 Å². The Morgan fingerprint density at radius 1 is 0.958 bits per heavy atom. The summed E-state index contributed by atoms with van der Waals surface area (Å²) >= 11 is 0. The molecule has 0 aliphatic carbocycles. The normalized spacial score (nSPS) is 23.3. The highest BCUT2D eigenvalue weighted by atomic mass is 15.2. The lowest BCUT2D eigenvalue weighted by Gasteiger charge is -2.48. The number of hydrogen-bond donors (Lipinski definition) is 0. The van der Waals surface area contributed by atoms with Crippen LogP contribution < -0.4 is 4.90 Å². The van der Waals surface area contributed by atoms with Gasteiger partial charge in [-0.25, -0.2) is 0 Å². The quantitative estimate of drug-likeness (QED) is 0.407. The maximum Gasteiger partial charge on any atom is 0.0403 e. The zero-order valence-electron chi connectivity index (χ0n) is 16.6. The molecule has 0 amide bonds. The molecular formula is C23H39N. The molecule has 1 aliphatic heterocycles. The van der Waals surface area contributed by atoms with Crippen molar-refractivity contribution in [3.8, 4) is 0 Å². The summed E-state index contributed by atoms with van der Waals surface area (Å²) in [5.74, 6) is 0.755. The minimum Gasteiger partial charge on any atom is -0.369 e. The van der Waals surface area contributed by atoms with Crippen LogP contribution in [0.1, 0.15) is 103 Å². The van der Waals surface area contributed by atoms with Gasteiger partial charge in [0.25, 0.3) is 0 Å². The molecule has 0 spiro atoms. The van der Waals surface area contributed by atoms with Gasteiger partial charge < -0.3 is 4.90 Å². The Labute approximate surface area is 150 Å². The summed E-state index contributed by atoms with van der Waals surface area (Å²) in [5, 5.41) is 0. The third-order valence-corrected chi connectivity index (χ3v) is 6.21. The van der Waals surface area contributed by atoms with Gasteiger partial charge in [0.15, 0.2) is 0 Å². The SMILES string of the molecule is CCCCCCC1CC(C)(CCCCCC)N(C)c2ccccc21. The van der Waals surface area contributed by atoms with Crippen molar-refractivity contribution in [3.05, 3.63) is 29.8 Å². The summed E-state index contributed by atoms with van der Waals surface area (Å²) in [4.78, 5) is 2.59. The fourth-order valence-corrected chi connectivity index (χ4v) is 4.48. The number of benzene rings is 1. The average molecular weight is 330 g/mol. The number of anilines is 1. The number of para-hydroxylation sites is 1. The number of fused-ring (bicyclic) bond motifs is 1. The molecule has 0 bridgehead atoms. The standard InChI is InChI=1S/C23H39N/c1-5-7-9-11-15-20-19-23(3,18-14-10-8-6-2)24(4)22-17-13-12-16-21(20)22/h12-13,16-17,20H,5-11,14-15,18-19H2,1-4H3. The topological polar surface area (TPSA) is 3.24 Å². The molecule has 0 aromatic heterocycles. The highest BCUT2D eigenvalue weighted by Crippen LogP contribution is 2.46. The van der Waals surface area contributed by atoms with Gasteiger partial charge in [-0.3, -0.25) is 0 Å². The zero-order chi connectivity index (χ0) is 17.4. The predicted molar refractivity (Wildman–Crippen MR) is 108 cm³/mol. The van der Waals surface area contributed by atoms with Crippen LogP contribution in [0, 0.1) is 0 Å². The second-order valence-electron chi connectivity index (χ2n) is 8.18. The van der Waals surface area contributed by atoms with Gasteiger partial charge in [0.2, 0.25) is 0 Å². The Hall–Kier alpha value is -0.980. The van der Waals surface area contributed by atoms with E-state index in [1.165, 1.54) is 76.3 Å². The van der Waals surface area contributed by atoms with Crippen molar-refractivity contribution in [3.63, 3.8) is 0 Å².